The molecule has 1 aromatic heterocycles. The summed E-state index contributed by atoms with van der Waals surface area (Å²) < 4.78 is 26.5. The van der Waals surface area contributed by atoms with Crippen molar-refractivity contribution in [2.45, 2.75) is 52.2 Å². The number of halogens is 1. The van der Waals surface area contributed by atoms with Gasteiger partial charge in [0.1, 0.15) is 5.73 Å². The number of hydrogen-bond acceptors (Lipinski definition) is 3. The van der Waals surface area contributed by atoms with E-state index in [1.54, 1.807) is 0 Å². The summed E-state index contributed by atoms with van der Waals surface area (Å²) in [6.07, 6.45) is 2.20. The number of rotatable bonds is 4. The Kier molecular flexibility index (Phi) is 4.60. The van der Waals surface area contributed by atoms with Crippen LogP contribution < -0.4 is 0 Å². The van der Waals surface area contributed by atoms with Crippen molar-refractivity contribution in [3.8, 4) is 11.3 Å². The first-order chi connectivity index (χ1) is 11.7. The highest BCUT2D eigenvalue weighted by Gasteiger charge is 2.53. The Bertz CT molecular complexity index is 768. The van der Waals surface area contributed by atoms with Gasteiger partial charge in [-0.3, -0.25) is 5.10 Å². The van der Waals surface area contributed by atoms with E-state index in [9.17, 15) is 4.39 Å². The minimum atomic E-state index is -1.01. The summed E-state index contributed by atoms with van der Waals surface area (Å²) in [5, 5.41) is 7.38. The van der Waals surface area contributed by atoms with Crippen LogP contribution in [-0.2, 0) is 15.7 Å². The van der Waals surface area contributed by atoms with Crippen LogP contribution in [0.1, 0.15) is 45.9 Å². The molecule has 4 nitrogen and oxygen atoms in total. The van der Waals surface area contributed by atoms with Crippen LogP contribution in [0.25, 0.3) is 17.3 Å². The number of aromatic amines is 1. The lowest BCUT2D eigenvalue weighted by Crippen LogP contribution is -2.41. The van der Waals surface area contributed by atoms with Gasteiger partial charge in [-0.05, 0) is 40.2 Å². The quantitative estimate of drug-likeness (QED) is 0.828. The molecule has 0 aliphatic carbocycles. The van der Waals surface area contributed by atoms with Crippen molar-refractivity contribution in [2.75, 3.05) is 0 Å². The average Bonchev–Trinajstić information content (AvgIpc) is 3.06. The molecule has 1 aromatic carbocycles. The first kappa shape index (κ1) is 17.9. The number of benzene rings is 1. The van der Waals surface area contributed by atoms with E-state index in [1.165, 1.54) is 6.08 Å². The van der Waals surface area contributed by atoms with Gasteiger partial charge in [-0.15, -0.1) is 0 Å². The predicted molar refractivity (Wildman–Crippen MR) is 98.6 cm³/mol. The molecular formula is C19H24BFN2O2. The number of H-pyrrole nitrogens is 1. The van der Waals surface area contributed by atoms with E-state index < -0.39 is 24.0 Å². The number of aromatic nitrogens is 2. The molecule has 2 aromatic rings. The second kappa shape index (κ2) is 6.43. The highest BCUT2D eigenvalue weighted by molar-refractivity contribution is 6.54. The summed E-state index contributed by atoms with van der Waals surface area (Å²) in [4.78, 5) is 0. The molecule has 0 saturated carbocycles. The predicted octanol–water partition coefficient (Wildman–Crippen LogP) is 4.58. The fourth-order valence-electron chi connectivity index (χ4n) is 2.79. The molecule has 1 N–H and O–H groups in total. The van der Waals surface area contributed by atoms with Crippen molar-refractivity contribution in [3.63, 3.8) is 0 Å². The molecule has 132 valence electrons. The Morgan fingerprint density at radius 2 is 1.76 bits per heavy atom. The van der Waals surface area contributed by atoms with Crippen molar-refractivity contribution in [2.24, 2.45) is 0 Å². The highest BCUT2D eigenvalue weighted by atomic mass is 19.1. The Balaban J connectivity index is 1.97. The van der Waals surface area contributed by atoms with E-state index in [2.05, 4.69) is 10.2 Å². The Morgan fingerprint density at radius 1 is 1.16 bits per heavy atom. The molecule has 1 fully saturated rings. The van der Waals surface area contributed by atoms with Crippen LogP contribution in [0, 0.1) is 0 Å². The zero-order valence-corrected chi connectivity index (χ0v) is 15.4. The van der Waals surface area contributed by atoms with Crippen LogP contribution >= 0.6 is 0 Å². The summed E-state index contributed by atoms with van der Waals surface area (Å²) in [5.74, 6) is 0. The smallest absolute Gasteiger partial charge is 0.398 e. The largest absolute Gasteiger partial charge is 0.525 e. The summed E-state index contributed by atoms with van der Waals surface area (Å²) >= 11 is 0. The van der Waals surface area contributed by atoms with E-state index >= 15 is 0 Å². The molecular weight excluding hydrogens is 318 g/mol. The van der Waals surface area contributed by atoms with Crippen molar-refractivity contribution < 1.29 is 13.7 Å². The first-order valence-corrected chi connectivity index (χ1v) is 8.60. The minimum absolute atomic E-state index is 0.452. The molecule has 6 heteroatoms. The van der Waals surface area contributed by atoms with Crippen LogP contribution in [0.15, 0.2) is 36.1 Å². The van der Waals surface area contributed by atoms with E-state index in [0.717, 1.165) is 28.9 Å². The van der Waals surface area contributed by atoms with Crippen LogP contribution in [0.3, 0.4) is 0 Å². The molecule has 0 atom stereocenters. The van der Waals surface area contributed by atoms with Crippen LogP contribution in [0.4, 0.5) is 4.39 Å². The molecule has 25 heavy (non-hydrogen) atoms. The molecule has 1 aliphatic rings. The van der Waals surface area contributed by atoms with Gasteiger partial charge in [0.05, 0.1) is 16.9 Å². The molecule has 0 bridgehead atoms. The molecule has 2 heterocycles. The topological polar surface area (TPSA) is 47.1 Å². The van der Waals surface area contributed by atoms with Gasteiger partial charge in [0.2, 0.25) is 0 Å². The maximum Gasteiger partial charge on any atom is 0.525 e. The van der Waals surface area contributed by atoms with E-state index in [1.807, 2.05) is 65.0 Å². The highest BCUT2D eigenvalue weighted by Crippen LogP contribution is 2.39. The second-order valence-corrected chi connectivity index (χ2v) is 7.30. The zero-order valence-electron chi connectivity index (χ0n) is 15.4. The molecule has 0 amide bonds. The van der Waals surface area contributed by atoms with E-state index in [0.29, 0.717) is 0 Å². The molecule has 0 spiro atoms. The van der Waals surface area contributed by atoms with Gasteiger partial charge in [0.15, 0.2) is 0 Å². The van der Waals surface area contributed by atoms with E-state index in [-0.39, 0.29) is 0 Å². The lowest BCUT2D eigenvalue weighted by molar-refractivity contribution is 0.00578. The number of hydrogen-bond donors (Lipinski definition) is 1. The van der Waals surface area contributed by atoms with Crippen LogP contribution in [0.2, 0.25) is 0 Å². The molecule has 1 saturated heterocycles. The summed E-state index contributed by atoms with van der Waals surface area (Å²) in [5.41, 5.74) is 1.68. The Morgan fingerprint density at radius 3 is 2.32 bits per heavy atom. The van der Waals surface area contributed by atoms with Gasteiger partial charge in [0, 0.05) is 16.8 Å². The monoisotopic (exact) mass is 342 g/mol. The van der Waals surface area contributed by atoms with Crippen LogP contribution in [-0.4, -0.2) is 28.5 Å². The number of aryl methyl sites for hydroxylation is 1. The van der Waals surface area contributed by atoms with Gasteiger partial charge in [-0.1, -0.05) is 37.3 Å². The van der Waals surface area contributed by atoms with Crippen molar-refractivity contribution in [1.29, 1.82) is 0 Å². The van der Waals surface area contributed by atoms with E-state index in [4.69, 9.17) is 9.31 Å². The Hall–Kier alpha value is -1.92. The lowest BCUT2D eigenvalue weighted by Gasteiger charge is -2.32. The fourth-order valence-corrected chi connectivity index (χ4v) is 2.79. The first-order valence-electron chi connectivity index (χ1n) is 8.60. The third-order valence-corrected chi connectivity index (χ3v) is 5.04. The molecule has 3 rings (SSSR count). The molecule has 0 unspecified atom stereocenters. The maximum absolute atomic E-state index is 14.9. The SMILES string of the molecule is CCc1[nH]nc(-c2ccccc2)c1C=C(F)B1OC(C)(C)C(C)(C)O1. The van der Waals surface area contributed by atoms with Gasteiger partial charge >= 0.3 is 7.12 Å². The van der Waals surface area contributed by atoms with Crippen LogP contribution in [0.5, 0.6) is 0 Å². The molecule has 1 aliphatic heterocycles. The second-order valence-electron chi connectivity index (χ2n) is 7.30. The third kappa shape index (κ3) is 3.28. The van der Waals surface area contributed by atoms with Gasteiger partial charge < -0.3 is 9.31 Å². The van der Waals surface area contributed by atoms with Crippen molar-refractivity contribution in [3.05, 3.63) is 47.3 Å². The van der Waals surface area contributed by atoms with Gasteiger partial charge in [0.25, 0.3) is 0 Å². The average molecular weight is 342 g/mol. The standard InChI is InChI=1S/C19H24BFN2O2/c1-6-15-14(17(23-22-15)13-10-8-7-9-11-13)12-16(21)20-24-18(2,3)19(4,5)25-20/h7-12H,6H2,1-5H3,(H,22,23). The van der Waals surface area contributed by atoms with Gasteiger partial charge in [-0.25, -0.2) is 4.39 Å². The summed E-state index contributed by atoms with van der Waals surface area (Å²) in [6.45, 7) is 9.64. The number of nitrogens with one attached hydrogen (secondary N) is 1. The van der Waals surface area contributed by atoms with Crippen molar-refractivity contribution in [1.82, 2.24) is 10.2 Å². The zero-order chi connectivity index (χ0) is 18.2. The van der Waals surface area contributed by atoms with Crippen molar-refractivity contribution >= 4 is 13.2 Å². The summed E-state index contributed by atoms with van der Waals surface area (Å²) in [7, 11) is -1.01. The Labute approximate surface area is 148 Å². The normalized spacial score (nSPS) is 19.4. The third-order valence-electron chi connectivity index (χ3n) is 5.04. The minimum Gasteiger partial charge on any atom is -0.398 e. The summed E-state index contributed by atoms with van der Waals surface area (Å²) in [6, 6.07) is 9.73. The maximum atomic E-state index is 14.9. The number of nitrogens with zero attached hydrogens (tertiary/aromatic N) is 1. The fraction of sp³-hybridized carbons (Fsp3) is 0.421. The van der Waals surface area contributed by atoms with Gasteiger partial charge in [-0.2, -0.15) is 5.10 Å². The lowest BCUT2D eigenvalue weighted by atomic mass is 9.86. The molecule has 0 radical (unpaired) electrons.